The zero-order valence-electron chi connectivity index (χ0n) is 11.3. The molecule has 2 N–H and O–H groups in total. The number of nitrogens with two attached hydrogens (primary N) is 1. The summed E-state index contributed by atoms with van der Waals surface area (Å²) in [7, 11) is 2.18. The molecule has 19 heavy (non-hydrogen) atoms. The molecule has 1 saturated heterocycles. The molecule has 0 aromatic heterocycles. The van der Waals surface area contributed by atoms with Gasteiger partial charge in [-0.25, -0.2) is 0 Å². The highest BCUT2D eigenvalue weighted by molar-refractivity contribution is 9.10. The van der Waals surface area contributed by atoms with Crippen LogP contribution < -0.4 is 5.73 Å². The van der Waals surface area contributed by atoms with E-state index in [2.05, 4.69) is 38.8 Å². The van der Waals surface area contributed by atoms with Crippen LogP contribution >= 0.6 is 27.5 Å². The van der Waals surface area contributed by atoms with Crippen LogP contribution in [0.15, 0.2) is 22.7 Å². The van der Waals surface area contributed by atoms with Crippen molar-refractivity contribution >= 4 is 27.5 Å². The normalized spacial score (nSPS) is 20.2. The zero-order chi connectivity index (χ0) is 13.8. The Morgan fingerprint density at radius 1 is 1.32 bits per heavy atom. The Hall–Kier alpha value is -0.130. The Morgan fingerprint density at radius 3 is 2.79 bits per heavy atom. The van der Waals surface area contributed by atoms with Crippen LogP contribution in [0.4, 0.5) is 0 Å². The van der Waals surface area contributed by atoms with Crippen molar-refractivity contribution < 1.29 is 0 Å². The fourth-order valence-corrected chi connectivity index (χ4v) is 3.57. The highest BCUT2D eigenvalue weighted by atomic mass is 79.9. The molecule has 0 aliphatic carbocycles. The van der Waals surface area contributed by atoms with Gasteiger partial charge < -0.3 is 10.6 Å². The molecule has 3 nitrogen and oxygen atoms in total. The van der Waals surface area contributed by atoms with Gasteiger partial charge in [-0.3, -0.25) is 4.90 Å². The van der Waals surface area contributed by atoms with Gasteiger partial charge in [0.1, 0.15) is 0 Å². The van der Waals surface area contributed by atoms with Crippen LogP contribution in [0.2, 0.25) is 5.02 Å². The predicted octanol–water partition coefficient (Wildman–Crippen LogP) is 2.74. The average molecular weight is 347 g/mol. The molecule has 1 aliphatic heterocycles. The summed E-state index contributed by atoms with van der Waals surface area (Å²) in [6.45, 7) is 5.05. The molecule has 1 unspecified atom stereocenters. The molecular weight excluding hydrogens is 326 g/mol. The van der Waals surface area contributed by atoms with E-state index in [-0.39, 0.29) is 6.04 Å². The van der Waals surface area contributed by atoms with Crippen molar-refractivity contribution in [3.05, 3.63) is 33.3 Å². The van der Waals surface area contributed by atoms with E-state index in [0.717, 1.165) is 35.7 Å². The van der Waals surface area contributed by atoms with Gasteiger partial charge in [0.05, 0.1) is 0 Å². The van der Waals surface area contributed by atoms with E-state index in [1.165, 1.54) is 12.0 Å². The molecular formula is C14H21BrClN3. The van der Waals surface area contributed by atoms with Gasteiger partial charge in [0.15, 0.2) is 0 Å². The van der Waals surface area contributed by atoms with Gasteiger partial charge in [0.2, 0.25) is 0 Å². The Balaban J connectivity index is 2.18. The number of rotatable bonds is 3. The molecule has 0 bridgehead atoms. The van der Waals surface area contributed by atoms with Crippen LogP contribution in [0.3, 0.4) is 0 Å². The molecule has 0 radical (unpaired) electrons. The first-order valence-electron chi connectivity index (χ1n) is 6.69. The van der Waals surface area contributed by atoms with Crippen molar-refractivity contribution in [1.29, 1.82) is 0 Å². The second kappa shape index (κ2) is 7.04. The summed E-state index contributed by atoms with van der Waals surface area (Å²) in [5.41, 5.74) is 7.25. The summed E-state index contributed by atoms with van der Waals surface area (Å²) in [5.74, 6) is 0. The summed E-state index contributed by atoms with van der Waals surface area (Å²) in [6.07, 6.45) is 1.19. The van der Waals surface area contributed by atoms with E-state index in [9.17, 15) is 0 Å². The average Bonchev–Trinajstić information content (AvgIpc) is 2.58. The fraction of sp³-hybridized carbons (Fsp3) is 0.571. The fourth-order valence-electron chi connectivity index (χ4n) is 2.62. The molecule has 1 aromatic carbocycles. The van der Waals surface area contributed by atoms with E-state index in [4.69, 9.17) is 17.3 Å². The first-order chi connectivity index (χ1) is 9.11. The van der Waals surface area contributed by atoms with Crippen LogP contribution in [-0.4, -0.2) is 49.6 Å². The van der Waals surface area contributed by atoms with E-state index < -0.39 is 0 Å². The van der Waals surface area contributed by atoms with Crippen LogP contribution in [-0.2, 0) is 0 Å². The minimum atomic E-state index is 0.262. The third kappa shape index (κ3) is 3.92. The third-order valence-corrected chi connectivity index (χ3v) is 4.66. The van der Waals surface area contributed by atoms with Gasteiger partial charge in [0, 0.05) is 41.7 Å². The highest BCUT2D eigenvalue weighted by Crippen LogP contribution is 2.30. The molecule has 1 fully saturated rings. The van der Waals surface area contributed by atoms with Gasteiger partial charge in [-0.05, 0) is 37.7 Å². The van der Waals surface area contributed by atoms with Gasteiger partial charge in [-0.1, -0.05) is 33.6 Å². The van der Waals surface area contributed by atoms with Crippen molar-refractivity contribution in [3.8, 4) is 0 Å². The van der Waals surface area contributed by atoms with Gasteiger partial charge in [0.25, 0.3) is 0 Å². The minimum Gasteiger partial charge on any atom is -0.329 e. The topological polar surface area (TPSA) is 32.5 Å². The van der Waals surface area contributed by atoms with Crippen molar-refractivity contribution in [3.63, 3.8) is 0 Å². The number of hydrogen-bond acceptors (Lipinski definition) is 3. The van der Waals surface area contributed by atoms with Crippen molar-refractivity contribution in [2.24, 2.45) is 5.73 Å². The minimum absolute atomic E-state index is 0.262. The number of halogens is 2. The zero-order valence-corrected chi connectivity index (χ0v) is 13.6. The third-order valence-electron chi connectivity index (χ3n) is 3.74. The lowest BCUT2D eigenvalue weighted by atomic mass is 10.1. The maximum absolute atomic E-state index is 6.02. The Labute approximate surface area is 128 Å². The second-order valence-electron chi connectivity index (χ2n) is 5.11. The number of nitrogens with zero attached hydrogens (tertiary/aromatic N) is 2. The van der Waals surface area contributed by atoms with Crippen LogP contribution in [0, 0.1) is 0 Å². The van der Waals surface area contributed by atoms with Crippen LogP contribution in [0.1, 0.15) is 18.0 Å². The van der Waals surface area contributed by atoms with Crippen molar-refractivity contribution in [2.45, 2.75) is 12.5 Å². The summed E-state index contributed by atoms with van der Waals surface area (Å²) in [5, 5.41) is 0.752. The van der Waals surface area contributed by atoms with E-state index in [1.54, 1.807) is 0 Å². The van der Waals surface area contributed by atoms with Gasteiger partial charge in [-0.2, -0.15) is 0 Å². The SMILES string of the molecule is CN1CCCN(C(CN)c2ccc(Cl)cc2Br)CC1. The predicted molar refractivity (Wildman–Crippen MR) is 84.6 cm³/mol. The maximum Gasteiger partial charge on any atom is 0.0482 e. The lowest BCUT2D eigenvalue weighted by molar-refractivity contribution is 0.207. The molecule has 2 rings (SSSR count). The quantitative estimate of drug-likeness (QED) is 0.913. The summed E-state index contributed by atoms with van der Waals surface area (Å²) in [6, 6.07) is 6.23. The first kappa shape index (κ1) is 15.3. The largest absolute Gasteiger partial charge is 0.329 e. The summed E-state index contributed by atoms with van der Waals surface area (Å²) >= 11 is 9.62. The first-order valence-corrected chi connectivity index (χ1v) is 7.86. The Bertz CT molecular complexity index is 427. The van der Waals surface area contributed by atoms with Crippen LogP contribution in [0.25, 0.3) is 0 Å². The lowest BCUT2D eigenvalue weighted by Crippen LogP contribution is -2.36. The van der Waals surface area contributed by atoms with Gasteiger partial charge >= 0.3 is 0 Å². The van der Waals surface area contributed by atoms with Crippen molar-refractivity contribution in [1.82, 2.24) is 9.80 Å². The molecule has 0 spiro atoms. The second-order valence-corrected chi connectivity index (χ2v) is 6.40. The highest BCUT2D eigenvalue weighted by Gasteiger charge is 2.23. The molecule has 1 aromatic rings. The Morgan fingerprint density at radius 2 is 2.11 bits per heavy atom. The molecule has 1 atom stereocenters. The number of likely N-dealkylation sites (N-methyl/N-ethyl adjacent to an activating group) is 1. The molecule has 1 aliphatic rings. The molecule has 106 valence electrons. The van der Waals surface area contributed by atoms with E-state index in [0.29, 0.717) is 6.54 Å². The Kier molecular flexibility index (Phi) is 5.66. The molecule has 5 heteroatoms. The maximum atomic E-state index is 6.02. The van der Waals surface area contributed by atoms with Gasteiger partial charge in [-0.15, -0.1) is 0 Å². The van der Waals surface area contributed by atoms with E-state index in [1.807, 2.05) is 12.1 Å². The molecule has 0 saturated carbocycles. The van der Waals surface area contributed by atoms with E-state index >= 15 is 0 Å². The molecule has 0 amide bonds. The standard InChI is InChI=1S/C14H21BrClN3/c1-18-5-2-6-19(8-7-18)14(10-17)12-4-3-11(16)9-13(12)15/h3-4,9,14H,2,5-8,10,17H2,1H3. The monoisotopic (exact) mass is 345 g/mol. The summed E-state index contributed by atoms with van der Waals surface area (Å²) in [4.78, 5) is 4.86. The number of benzene rings is 1. The van der Waals surface area contributed by atoms with Crippen LogP contribution in [0.5, 0.6) is 0 Å². The number of hydrogen-bond donors (Lipinski definition) is 1. The summed E-state index contributed by atoms with van der Waals surface area (Å²) < 4.78 is 1.05. The smallest absolute Gasteiger partial charge is 0.0482 e. The lowest BCUT2D eigenvalue weighted by Gasteiger charge is -2.30. The van der Waals surface area contributed by atoms with Crippen molar-refractivity contribution in [2.75, 3.05) is 39.8 Å². The molecule has 1 heterocycles.